The third-order valence-electron chi connectivity index (χ3n) is 0.408. The minimum Gasteiger partial charge on any atom is -0.0920 e. The zero-order chi connectivity index (χ0) is 3.41. The van der Waals surface area contributed by atoms with Crippen LogP contribution in [-0.2, 0) is 0 Å². The van der Waals surface area contributed by atoms with Gasteiger partial charge in [-0.2, -0.15) is 0 Å². The Labute approximate surface area is 94.8 Å². The molecule has 0 N–H and O–H groups in total. The summed E-state index contributed by atoms with van der Waals surface area (Å²) in [7, 11) is 2.12. The first-order valence-corrected chi connectivity index (χ1v) is 1.69. The third-order valence-corrected chi connectivity index (χ3v) is 0.408. The molecule has 0 rings (SSSR count). The van der Waals surface area contributed by atoms with Crippen LogP contribution >= 0.6 is 0 Å². The van der Waals surface area contributed by atoms with Crippen molar-refractivity contribution in [2.45, 2.75) is 86.9 Å². The van der Waals surface area contributed by atoms with Crippen LogP contribution in [0.15, 0.2) is 0 Å². The Morgan fingerprint density at radius 1 is 0.615 bits per heavy atom. The lowest BCUT2D eigenvalue weighted by Gasteiger charge is -1.64. The summed E-state index contributed by atoms with van der Waals surface area (Å²) in [4.78, 5) is 0. The average molecular weight is 199 g/mol. The SMILES string of the molecule is C.C.C.C.C.C.C.C.C.C[B]CC. The van der Waals surface area contributed by atoms with Crippen molar-refractivity contribution >= 4 is 7.28 Å². The van der Waals surface area contributed by atoms with Gasteiger partial charge in [-0.1, -0.05) is 86.9 Å². The molecule has 0 amide bonds. The van der Waals surface area contributed by atoms with E-state index in [9.17, 15) is 0 Å². The van der Waals surface area contributed by atoms with E-state index in [4.69, 9.17) is 0 Å². The van der Waals surface area contributed by atoms with Crippen molar-refractivity contribution in [2.75, 3.05) is 0 Å². The number of rotatable bonds is 1. The van der Waals surface area contributed by atoms with Crippen LogP contribution in [0, 0.1) is 0 Å². The first-order chi connectivity index (χ1) is 1.91. The van der Waals surface area contributed by atoms with Crippen molar-refractivity contribution in [2.24, 2.45) is 0 Å². The van der Waals surface area contributed by atoms with Crippen molar-refractivity contribution < 1.29 is 0 Å². The van der Waals surface area contributed by atoms with Crippen LogP contribution < -0.4 is 0 Å². The standard InChI is InChI=1S/C3H8B.9CH4/c1-3-4-2;;;;;;;;;/h3H2,1-2H3;9*1H4. The van der Waals surface area contributed by atoms with E-state index in [0.717, 1.165) is 0 Å². The largest absolute Gasteiger partial charge is 0.105 e. The fourth-order valence-corrected chi connectivity index (χ4v) is 0. The summed E-state index contributed by atoms with van der Waals surface area (Å²) in [6.07, 6.45) is 1.19. The minimum atomic E-state index is 0. The van der Waals surface area contributed by atoms with Gasteiger partial charge in [0.25, 0.3) is 0 Å². The Hall–Kier alpha value is 0.0649. The normalized spacial score (nSPS) is 2.00. The van der Waals surface area contributed by atoms with Gasteiger partial charge in [0, 0.05) is 0 Å². The molecule has 0 aliphatic heterocycles. The van der Waals surface area contributed by atoms with E-state index in [0.29, 0.717) is 0 Å². The van der Waals surface area contributed by atoms with Crippen molar-refractivity contribution in [3.8, 4) is 0 Å². The smallest absolute Gasteiger partial charge is 0.0920 e. The highest BCUT2D eigenvalue weighted by molar-refractivity contribution is 6.33. The molecule has 95 valence electrons. The van der Waals surface area contributed by atoms with Crippen LogP contribution in [0.3, 0.4) is 0 Å². The Morgan fingerprint density at radius 3 is 0.692 bits per heavy atom. The van der Waals surface area contributed by atoms with Gasteiger partial charge in [-0.25, -0.2) is 0 Å². The highest BCUT2D eigenvalue weighted by Crippen LogP contribution is 1.64. The van der Waals surface area contributed by atoms with Crippen LogP contribution in [0.1, 0.15) is 73.8 Å². The van der Waals surface area contributed by atoms with Crippen LogP contribution in [0.4, 0.5) is 0 Å². The van der Waals surface area contributed by atoms with E-state index in [1.165, 1.54) is 6.32 Å². The topological polar surface area (TPSA) is 0 Å². The second-order valence-electron chi connectivity index (χ2n) is 0.816. The third kappa shape index (κ3) is 1080. The van der Waals surface area contributed by atoms with Gasteiger partial charge in [0.2, 0.25) is 0 Å². The molecule has 0 nitrogen and oxygen atoms in total. The zero-order valence-corrected chi connectivity index (χ0v) is 3.28. The summed E-state index contributed by atoms with van der Waals surface area (Å²) in [6.45, 7) is 4.18. The maximum atomic E-state index is 2.12. The monoisotopic (exact) mass is 199 g/mol. The lowest BCUT2D eigenvalue weighted by molar-refractivity contribution is 1.45. The van der Waals surface area contributed by atoms with Gasteiger partial charge in [0.05, 0.1) is 0 Å². The lowest BCUT2D eigenvalue weighted by Crippen LogP contribution is -1.67. The molecule has 0 aliphatic carbocycles. The molecule has 0 aliphatic rings. The molecule has 0 saturated heterocycles. The van der Waals surface area contributed by atoms with E-state index in [-0.39, 0.29) is 66.8 Å². The molecule has 13 heavy (non-hydrogen) atoms. The number of hydrogen-bond acceptors (Lipinski definition) is 0. The molecule has 0 atom stereocenters. The molecule has 0 unspecified atom stereocenters. The predicted octanol–water partition coefficient (Wildman–Crippen LogP) is 6.90. The average Bonchev–Trinajstić information content (AvgIpc) is 1.37. The molecule has 0 heterocycles. The van der Waals surface area contributed by atoms with Crippen LogP contribution in [0.5, 0.6) is 0 Å². The molecule has 0 bridgehead atoms. The van der Waals surface area contributed by atoms with Crippen LogP contribution in [0.2, 0.25) is 13.1 Å². The summed E-state index contributed by atoms with van der Waals surface area (Å²) in [6, 6.07) is 0. The van der Waals surface area contributed by atoms with Gasteiger partial charge in [0.15, 0.2) is 0 Å². The molecular formula is C12H44B. The molecule has 0 aromatic carbocycles. The van der Waals surface area contributed by atoms with E-state index in [1.807, 2.05) is 0 Å². The van der Waals surface area contributed by atoms with Gasteiger partial charge < -0.3 is 0 Å². The first-order valence-electron chi connectivity index (χ1n) is 1.69. The molecule has 0 saturated carbocycles. The van der Waals surface area contributed by atoms with E-state index in [2.05, 4.69) is 21.0 Å². The Morgan fingerprint density at radius 2 is 0.692 bits per heavy atom. The molecule has 0 spiro atoms. The number of hydrogen-bond donors (Lipinski definition) is 0. The molecule has 1 heteroatoms. The second kappa shape index (κ2) is 346. The van der Waals surface area contributed by atoms with Gasteiger partial charge in [-0.05, 0) is 0 Å². The van der Waals surface area contributed by atoms with Gasteiger partial charge in [0.1, 0.15) is 7.28 Å². The van der Waals surface area contributed by atoms with Crippen molar-refractivity contribution in [3.05, 3.63) is 0 Å². The van der Waals surface area contributed by atoms with Gasteiger partial charge in [-0.3, -0.25) is 0 Å². The fourth-order valence-electron chi connectivity index (χ4n) is 0. The summed E-state index contributed by atoms with van der Waals surface area (Å²) < 4.78 is 0. The maximum absolute atomic E-state index is 2.12. The second-order valence-corrected chi connectivity index (χ2v) is 0.816. The predicted molar refractivity (Wildman–Crippen MR) is 82.7 cm³/mol. The summed E-state index contributed by atoms with van der Waals surface area (Å²) >= 11 is 0. The van der Waals surface area contributed by atoms with E-state index in [1.54, 1.807) is 0 Å². The van der Waals surface area contributed by atoms with E-state index >= 15 is 0 Å². The Bertz CT molecular complexity index is 7.09. The quantitative estimate of drug-likeness (QED) is 0.403. The molecule has 0 aromatic rings. The first kappa shape index (κ1) is 202. The molecule has 0 fully saturated rings. The molecular weight excluding hydrogens is 155 g/mol. The van der Waals surface area contributed by atoms with Crippen molar-refractivity contribution in [1.29, 1.82) is 0 Å². The Balaban J connectivity index is -0.00000000125. The Kier molecular flexibility index (Phi) is 5390. The summed E-state index contributed by atoms with van der Waals surface area (Å²) in [5.41, 5.74) is 0. The van der Waals surface area contributed by atoms with Crippen molar-refractivity contribution in [1.82, 2.24) is 0 Å². The van der Waals surface area contributed by atoms with Crippen LogP contribution in [0.25, 0.3) is 0 Å². The molecule has 0 aromatic heterocycles. The maximum Gasteiger partial charge on any atom is 0.105 e. The van der Waals surface area contributed by atoms with Gasteiger partial charge >= 0.3 is 0 Å². The highest BCUT2D eigenvalue weighted by atomic mass is 13.3. The van der Waals surface area contributed by atoms with Gasteiger partial charge in [-0.15, -0.1) is 0 Å². The summed E-state index contributed by atoms with van der Waals surface area (Å²) in [5, 5.41) is 0. The fraction of sp³-hybridized carbons (Fsp3) is 1.00. The summed E-state index contributed by atoms with van der Waals surface area (Å²) in [5.74, 6) is 0. The minimum absolute atomic E-state index is 0. The molecule has 1 radical (unpaired) electrons. The van der Waals surface area contributed by atoms with Crippen LogP contribution in [-0.4, -0.2) is 7.28 Å². The van der Waals surface area contributed by atoms with Crippen molar-refractivity contribution in [3.63, 3.8) is 0 Å². The lowest BCUT2D eigenvalue weighted by atomic mass is 9.79. The van der Waals surface area contributed by atoms with E-state index < -0.39 is 0 Å². The zero-order valence-electron chi connectivity index (χ0n) is 3.28. The highest BCUT2D eigenvalue weighted by Gasteiger charge is 1.61.